The number of thiophene rings is 2. The fourth-order valence-corrected chi connectivity index (χ4v) is 4.88. The molecule has 0 saturated heterocycles. The van der Waals surface area contributed by atoms with Gasteiger partial charge in [-0.05, 0) is 39.8 Å². The van der Waals surface area contributed by atoms with E-state index >= 15 is 0 Å². The molecule has 0 radical (unpaired) electrons. The number of Topliss-reactive ketones (excluding diaryl/α,β-unsaturated/α-hetero) is 2. The van der Waals surface area contributed by atoms with E-state index in [1.54, 1.807) is 22.7 Å². The number of thioether (sulfide) groups is 1. The van der Waals surface area contributed by atoms with E-state index in [2.05, 4.69) is 0 Å². The zero-order chi connectivity index (χ0) is 15.6. The van der Waals surface area contributed by atoms with Crippen LogP contribution >= 0.6 is 34.4 Å². The van der Waals surface area contributed by atoms with Gasteiger partial charge in [0.2, 0.25) is 0 Å². The Labute approximate surface area is 137 Å². The minimum Gasteiger partial charge on any atom is -0.293 e. The lowest BCUT2D eigenvalue weighted by atomic mass is 10.2. The summed E-state index contributed by atoms with van der Waals surface area (Å²) < 4.78 is 0. The van der Waals surface area contributed by atoms with Gasteiger partial charge in [0.1, 0.15) is 0 Å². The number of hydrogen-bond acceptors (Lipinski definition) is 5. The van der Waals surface area contributed by atoms with Crippen molar-refractivity contribution in [2.24, 2.45) is 0 Å². The molecule has 21 heavy (non-hydrogen) atoms. The van der Waals surface area contributed by atoms with Crippen LogP contribution in [0.15, 0.2) is 12.1 Å². The van der Waals surface area contributed by atoms with Crippen LogP contribution in [0.2, 0.25) is 0 Å². The zero-order valence-electron chi connectivity index (χ0n) is 12.6. The van der Waals surface area contributed by atoms with Gasteiger partial charge in [0.05, 0.1) is 11.5 Å². The van der Waals surface area contributed by atoms with Crippen LogP contribution in [-0.2, 0) is 0 Å². The molecule has 0 unspecified atom stereocenters. The highest BCUT2D eigenvalue weighted by molar-refractivity contribution is 8.00. The molecule has 0 aliphatic carbocycles. The topological polar surface area (TPSA) is 34.1 Å². The van der Waals surface area contributed by atoms with Crippen LogP contribution in [0.25, 0.3) is 0 Å². The number of aryl methyl sites for hydroxylation is 4. The maximum Gasteiger partial charge on any atom is 0.173 e. The average Bonchev–Trinajstić information content (AvgIpc) is 2.91. The summed E-state index contributed by atoms with van der Waals surface area (Å²) in [5.41, 5.74) is 1.61. The lowest BCUT2D eigenvalue weighted by Gasteiger charge is -2.01. The van der Waals surface area contributed by atoms with Crippen LogP contribution < -0.4 is 0 Å². The van der Waals surface area contributed by atoms with Crippen molar-refractivity contribution in [2.45, 2.75) is 27.7 Å². The van der Waals surface area contributed by atoms with Crippen LogP contribution in [-0.4, -0.2) is 23.1 Å². The molecule has 2 heterocycles. The second-order valence-electron chi connectivity index (χ2n) is 4.99. The van der Waals surface area contributed by atoms with E-state index in [9.17, 15) is 9.59 Å². The van der Waals surface area contributed by atoms with E-state index in [0.29, 0.717) is 11.5 Å². The van der Waals surface area contributed by atoms with Crippen molar-refractivity contribution in [3.63, 3.8) is 0 Å². The number of ketones is 2. The Kier molecular flexibility index (Phi) is 5.41. The van der Waals surface area contributed by atoms with Crippen LogP contribution in [0.4, 0.5) is 0 Å². The Balaban J connectivity index is 1.90. The van der Waals surface area contributed by atoms with Gasteiger partial charge in [0, 0.05) is 30.6 Å². The largest absolute Gasteiger partial charge is 0.293 e. The van der Waals surface area contributed by atoms with Crippen molar-refractivity contribution in [1.29, 1.82) is 0 Å². The third-order valence-corrected chi connectivity index (χ3v) is 6.01. The van der Waals surface area contributed by atoms with Crippen molar-refractivity contribution < 1.29 is 9.59 Å². The smallest absolute Gasteiger partial charge is 0.173 e. The summed E-state index contributed by atoms with van der Waals surface area (Å²) in [6, 6.07) is 3.88. The third kappa shape index (κ3) is 4.05. The van der Waals surface area contributed by atoms with E-state index in [1.807, 2.05) is 39.8 Å². The molecular formula is C16H18O2S3. The first-order chi connectivity index (χ1) is 9.88. The summed E-state index contributed by atoms with van der Waals surface area (Å²) in [6.07, 6.45) is 0. The predicted molar refractivity (Wildman–Crippen MR) is 93.6 cm³/mol. The Bertz CT molecular complexity index is 622. The lowest BCUT2D eigenvalue weighted by Crippen LogP contribution is -2.07. The van der Waals surface area contributed by atoms with Gasteiger partial charge >= 0.3 is 0 Å². The number of rotatable bonds is 6. The summed E-state index contributed by atoms with van der Waals surface area (Å²) in [4.78, 5) is 28.7. The number of carbonyl (C=O) groups excluding carboxylic acids is 2. The molecule has 0 saturated carbocycles. The van der Waals surface area contributed by atoms with Gasteiger partial charge in [-0.25, -0.2) is 0 Å². The molecule has 0 spiro atoms. The highest BCUT2D eigenvalue weighted by Gasteiger charge is 2.15. The Morgan fingerprint density at radius 2 is 1.24 bits per heavy atom. The van der Waals surface area contributed by atoms with E-state index in [-0.39, 0.29) is 11.6 Å². The molecule has 0 atom stereocenters. The number of hydrogen-bond donors (Lipinski definition) is 0. The maximum absolute atomic E-state index is 12.1. The van der Waals surface area contributed by atoms with Crippen LogP contribution in [0.1, 0.15) is 40.2 Å². The highest BCUT2D eigenvalue weighted by Crippen LogP contribution is 2.24. The van der Waals surface area contributed by atoms with E-state index in [4.69, 9.17) is 0 Å². The Morgan fingerprint density at radius 3 is 1.52 bits per heavy atom. The van der Waals surface area contributed by atoms with Crippen LogP contribution in [0, 0.1) is 27.7 Å². The van der Waals surface area contributed by atoms with Gasteiger partial charge in [0.25, 0.3) is 0 Å². The first kappa shape index (κ1) is 16.5. The first-order valence-corrected chi connectivity index (χ1v) is 9.45. The molecule has 2 nitrogen and oxygen atoms in total. The lowest BCUT2D eigenvalue weighted by molar-refractivity contribution is 0.102. The Hall–Kier alpha value is -0.910. The molecule has 0 bridgehead atoms. The second kappa shape index (κ2) is 6.90. The maximum atomic E-state index is 12.1. The molecule has 0 N–H and O–H groups in total. The van der Waals surface area contributed by atoms with Gasteiger partial charge in [0.15, 0.2) is 11.6 Å². The van der Waals surface area contributed by atoms with Crippen molar-refractivity contribution in [3.8, 4) is 0 Å². The second-order valence-corrected chi connectivity index (χ2v) is 8.90. The fraction of sp³-hybridized carbons (Fsp3) is 0.375. The van der Waals surface area contributed by atoms with Crippen molar-refractivity contribution in [3.05, 3.63) is 42.8 Å². The van der Waals surface area contributed by atoms with Crippen LogP contribution in [0.3, 0.4) is 0 Å². The molecule has 0 amide bonds. The fourth-order valence-electron chi connectivity index (χ4n) is 2.21. The van der Waals surface area contributed by atoms with Gasteiger partial charge in [-0.2, -0.15) is 0 Å². The first-order valence-electron chi connectivity index (χ1n) is 6.66. The molecule has 2 rings (SSSR count). The van der Waals surface area contributed by atoms with Crippen LogP contribution in [0.5, 0.6) is 0 Å². The van der Waals surface area contributed by atoms with Gasteiger partial charge in [-0.1, -0.05) is 0 Å². The van der Waals surface area contributed by atoms with Crippen molar-refractivity contribution in [2.75, 3.05) is 11.5 Å². The van der Waals surface area contributed by atoms with E-state index < -0.39 is 0 Å². The summed E-state index contributed by atoms with van der Waals surface area (Å²) >= 11 is 4.69. The average molecular weight is 339 g/mol. The number of carbonyl (C=O) groups is 2. The van der Waals surface area contributed by atoms with Gasteiger partial charge in [-0.3, -0.25) is 9.59 Å². The molecule has 0 fully saturated rings. The molecule has 0 aliphatic heterocycles. The SMILES string of the molecule is Cc1cc(C(=O)CSCC(=O)c2cc(C)sc2C)c(C)s1. The van der Waals surface area contributed by atoms with Gasteiger partial charge < -0.3 is 0 Å². The molecular weight excluding hydrogens is 320 g/mol. The zero-order valence-corrected chi connectivity index (χ0v) is 15.1. The molecule has 112 valence electrons. The summed E-state index contributed by atoms with van der Waals surface area (Å²) in [7, 11) is 0. The molecule has 2 aromatic rings. The molecule has 2 aromatic heterocycles. The summed E-state index contributed by atoms with van der Waals surface area (Å²) in [5.74, 6) is 0.969. The molecule has 5 heteroatoms. The molecule has 0 aromatic carbocycles. The Morgan fingerprint density at radius 1 is 0.857 bits per heavy atom. The summed E-state index contributed by atoms with van der Waals surface area (Å²) in [6.45, 7) is 7.95. The minimum atomic E-state index is 0.118. The third-order valence-electron chi connectivity index (χ3n) is 3.15. The minimum absolute atomic E-state index is 0.118. The standard InChI is InChI=1S/C16H18O2S3/c1-9-5-13(11(3)20-9)15(17)7-19-8-16(18)14-6-10(2)21-12(14)4/h5-6H,7-8H2,1-4H3. The molecule has 0 aliphatic rings. The van der Waals surface area contributed by atoms with Gasteiger partial charge in [-0.15, -0.1) is 34.4 Å². The highest BCUT2D eigenvalue weighted by atomic mass is 32.2. The quantitative estimate of drug-likeness (QED) is 0.707. The van der Waals surface area contributed by atoms with Crippen molar-refractivity contribution >= 4 is 46.0 Å². The normalized spacial score (nSPS) is 10.9. The summed E-state index contributed by atoms with van der Waals surface area (Å²) in [5, 5.41) is 0. The van der Waals surface area contributed by atoms with E-state index in [1.165, 1.54) is 11.8 Å². The predicted octanol–water partition coefficient (Wildman–Crippen LogP) is 4.84. The van der Waals surface area contributed by atoms with Crippen molar-refractivity contribution in [1.82, 2.24) is 0 Å². The monoisotopic (exact) mass is 338 g/mol. The van der Waals surface area contributed by atoms with E-state index in [0.717, 1.165) is 30.6 Å².